The molecule has 0 unspecified atom stereocenters. The van der Waals surface area contributed by atoms with E-state index in [1.54, 1.807) is 0 Å². The van der Waals surface area contributed by atoms with E-state index in [-0.39, 0.29) is 16.9 Å². The number of aliphatic hydroxyl groups excluding tert-OH is 1. The summed E-state index contributed by atoms with van der Waals surface area (Å²) < 4.78 is 0. The first-order valence-electron chi connectivity index (χ1n) is 9.31. The monoisotopic (exact) mass is 316 g/mol. The first-order valence-corrected chi connectivity index (χ1v) is 9.31. The summed E-state index contributed by atoms with van der Waals surface area (Å²) in [5.74, 6) is 2.10. The van der Waals surface area contributed by atoms with E-state index in [1.165, 1.54) is 11.9 Å². The maximum atomic E-state index is 12.5. The normalized spacial score (nSPS) is 52.2. The predicted octanol–water partition coefficient (Wildman–Crippen LogP) is 3.30. The Morgan fingerprint density at radius 3 is 2.74 bits per heavy atom. The average molecular weight is 316 g/mol. The molecule has 0 saturated heterocycles. The van der Waals surface area contributed by atoms with Gasteiger partial charge in [-0.1, -0.05) is 25.5 Å². The van der Waals surface area contributed by atoms with Crippen molar-refractivity contribution in [2.75, 3.05) is 0 Å². The Labute approximate surface area is 138 Å². The van der Waals surface area contributed by atoms with Crippen LogP contribution in [0.1, 0.15) is 58.8 Å². The number of allylic oxidation sites excluding steroid dienone is 1. The third-order valence-electron chi connectivity index (χ3n) is 7.93. The zero-order valence-corrected chi connectivity index (χ0v) is 14.3. The quantitative estimate of drug-likeness (QED) is 0.596. The number of hydrogen-bond donors (Lipinski definition) is 1. The van der Waals surface area contributed by atoms with Gasteiger partial charge >= 0.3 is 0 Å². The minimum Gasteiger partial charge on any atom is -0.393 e. The van der Waals surface area contributed by atoms with Crippen molar-refractivity contribution in [2.24, 2.45) is 34.5 Å². The third-order valence-corrected chi connectivity index (χ3v) is 7.93. The molecule has 0 bridgehead atoms. The second kappa shape index (κ2) is 5.02. The Morgan fingerprint density at radius 2 is 2.00 bits per heavy atom. The molecule has 4 aliphatic rings. The standard InChI is InChI=1S/C20H28O3/c1-12-9-13-10-14(22)5-8-20(13,11-21)16-6-7-19(2)15(18(12)16)3-4-17(19)23/h9,11-12,14-16,18,22H,3-8,10H2,1-2H3/t12-,14+,15+,16+,18+,19+,20-/m1/s1. The molecule has 7 atom stereocenters. The van der Waals surface area contributed by atoms with Crippen LogP contribution in [0.2, 0.25) is 0 Å². The van der Waals surface area contributed by atoms with Gasteiger partial charge < -0.3 is 9.90 Å². The van der Waals surface area contributed by atoms with Gasteiger partial charge in [-0.3, -0.25) is 4.79 Å². The van der Waals surface area contributed by atoms with Crippen LogP contribution in [0.3, 0.4) is 0 Å². The molecule has 23 heavy (non-hydrogen) atoms. The molecule has 0 heterocycles. The summed E-state index contributed by atoms with van der Waals surface area (Å²) in [6, 6.07) is 0. The molecule has 0 aromatic carbocycles. The van der Waals surface area contributed by atoms with Crippen LogP contribution < -0.4 is 0 Å². The number of aldehydes is 1. The predicted molar refractivity (Wildman–Crippen MR) is 87.7 cm³/mol. The number of carbonyl (C=O) groups is 2. The number of Topliss-reactive ketones (excluding diaryl/α,β-unsaturated/α-hetero) is 1. The van der Waals surface area contributed by atoms with E-state index in [2.05, 4.69) is 19.9 Å². The number of ketones is 1. The zero-order valence-electron chi connectivity index (χ0n) is 14.3. The van der Waals surface area contributed by atoms with Crippen molar-refractivity contribution < 1.29 is 14.7 Å². The second-order valence-corrected chi connectivity index (χ2v) is 8.81. The van der Waals surface area contributed by atoms with Gasteiger partial charge in [-0.05, 0) is 62.2 Å². The molecule has 4 rings (SSSR count). The van der Waals surface area contributed by atoms with E-state index in [4.69, 9.17) is 0 Å². The van der Waals surface area contributed by atoms with Crippen molar-refractivity contribution in [2.45, 2.75) is 64.9 Å². The molecule has 0 aromatic rings. The lowest BCUT2D eigenvalue weighted by Crippen LogP contribution is -2.54. The highest BCUT2D eigenvalue weighted by Crippen LogP contribution is 2.64. The molecule has 1 N–H and O–H groups in total. The van der Waals surface area contributed by atoms with E-state index < -0.39 is 0 Å². The van der Waals surface area contributed by atoms with Gasteiger partial charge in [0.1, 0.15) is 12.1 Å². The van der Waals surface area contributed by atoms with Crippen molar-refractivity contribution in [1.29, 1.82) is 0 Å². The Balaban J connectivity index is 1.78. The highest BCUT2D eigenvalue weighted by atomic mass is 16.3. The molecule has 0 radical (unpaired) electrons. The molecule has 3 nitrogen and oxygen atoms in total. The zero-order chi connectivity index (χ0) is 16.4. The Hall–Kier alpha value is -0.960. The lowest BCUT2D eigenvalue weighted by Gasteiger charge is -2.57. The van der Waals surface area contributed by atoms with Crippen LogP contribution in [0.4, 0.5) is 0 Å². The summed E-state index contributed by atoms with van der Waals surface area (Å²) >= 11 is 0. The fourth-order valence-electron chi connectivity index (χ4n) is 6.71. The van der Waals surface area contributed by atoms with Crippen LogP contribution >= 0.6 is 0 Å². The van der Waals surface area contributed by atoms with Gasteiger partial charge in [-0.15, -0.1) is 0 Å². The van der Waals surface area contributed by atoms with Crippen molar-refractivity contribution in [3.05, 3.63) is 11.6 Å². The summed E-state index contributed by atoms with van der Waals surface area (Å²) in [6.45, 7) is 4.43. The largest absolute Gasteiger partial charge is 0.393 e. The molecule has 3 fully saturated rings. The summed E-state index contributed by atoms with van der Waals surface area (Å²) in [5, 5.41) is 10.1. The van der Waals surface area contributed by atoms with E-state index in [0.717, 1.165) is 38.5 Å². The number of rotatable bonds is 1. The highest BCUT2D eigenvalue weighted by molar-refractivity contribution is 5.87. The van der Waals surface area contributed by atoms with Crippen LogP contribution in [-0.2, 0) is 9.59 Å². The minimum absolute atomic E-state index is 0.154. The first-order chi connectivity index (χ1) is 10.9. The fraction of sp³-hybridized carbons (Fsp3) is 0.800. The molecule has 126 valence electrons. The second-order valence-electron chi connectivity index (χ2n) is 8.81. The fourth-order valence-corrected chi connectivity index (χ4v) is 6.71. The van der Waals surface area contributed by atoms with Gasteiger partial charge in [-0.25, -0.2) is 0 Å². The Morgan fingerprint density at radius 1 is 1.22 bits per heavy atom. The number of fused-ring (bicyclic) bond motifs is 5. The molecule has 4 aliphatic carbocycles. The molecular weight excluding hydrogens is 288 g/mol. The van der Waals surface area contributed by atoms with Gasteiger partial charge in [0.05, 0.1) is 11.5 Å². The van der Waals surface area contributed by atoms with Gasteiger partial charge in [0.15, 0.2) is 0 Å². The van der Waals surface area contributed by atoms with Crippen molar-refractivity contribution >= 4 is 12.1 Å². The molecule has 3 saturated carbocycles. The number of aliphatic hydroxyl groups is 1. The van der Waals surface area contributed by atoms with Gasteiger partial charge in [0, 0.05) is 11.8 Å². The first kappa shape index (κ1) is 15.6. The lowest BCUT2D eigenvalue weighted by atomic mass is 9.46. The lowest BCUT2D eigenvalue weighted by molar-refractivity contribution is -0.136. The van der Waals surface area contributed by atoms with E-state index >= 15 is 0 Å². The summed E-state index contributed by atoms with van der Waals surface area (Å²) in [4.78, 5) is 24.7. The van der Waals surface area contributed by atoms with Crippen LogP contribution in [0.15, 0.2) is 11.6 Å². The molecular formula is C20H28O3. The van der Waals surface area contributed by atoms with Crippen LogP contribution in [0, 0.1) is 34.5 Å². The van der Waals surface area contributed by atoms with Gasteiger partial charge in [0.2, 0.25) is 0 Å². The number of hydrogen-bond acceptors (Lipinski definition) is 3. The number of carbonyl (C=O) groups excluding carboxylic acids is 2. The van der Waals surface area contributed by atoms with Gasteiger partial charge in [-0.2, -0.15) is 0 Å². The summed E-state index contributed by atoms with van der Waals surface area (Å²) in [6.07, 6.45) is 9.02. The van der Waals surface area contributed by atoms with E-state index in [9.17, 15) is 14.7 Å². The molecule has 0 spiro atoms. The molecule has 3 heteroatoms. The molecule has 0 amide bonds. The van der Waals surface area contributed by atoms with Crippen LogP contribution in [-0.4, -0.2) is 23.3 Å². The summed E-state index contributed by atoms with van der Waals surface area (Å²) in [5.41, 5.74) is 0.676. The van der Waals surface area contributed by atoms with Gasteiger partial charge in [0.25, 0.3) is 0 Å². The summed E-state index contributed by atoms with van der Waals surface area (Å²) in [7, 11) is 0. The third kappa shape index (κ3) is 1.92. The van der Waals surface area contributed by atoms with Crippen molar-refractivity contribution in [1.82, 2.24) is 0 Å². The Kier molecular flexibility index (Phi) is 3.39. The topological polar surface area (TPSA) is 54.4 Å². The van der Waals surface area contributed by atoms with Crippen LogP contribution in [0.25, 0.3) is 0 Å². The van der Waals surface area contributed by atoms with Crippen LogP contribution in [0.5, 0.6) is 0 Å². The molecule has 0 aromatic heterocycles. The Bertz CT molecular complexity index is 579. The van der Waals surface area contributed by atoms with E-state index in [1.807, 2.05) is 0 Å². The smallest absolute Gasteiger partial charge is 0.139 e. The average Bonchev–Trinajstić information content (AvgIpc) is 2.83. The van der Waals surface area contributed by atoms with Crippen molar-refractivity contribution in [3.8, 4) is 0 Å². The maximum Gasteiger partial charge on any atom is 0.139 e. The van der Waals surface area contributed by atoms with E-state index in [0.29, 0.717) is 35.9 Å². The maximum absolute atomic E-state index is 12.5. The van der Waals surface area contributed by atoms with Crippen molar-refractivity contribution in [3.63, 3.8) is 0 Å². The SMILES string of the molecule is C[C@@H]1C=C2C[C@@H](O)CC[C@]2(C=O)[C@H]2CC[C@]3(C)C(=O)CC[C@H]3[C@H]12. The molecule has 0 aliphatic heterocycles. The minimum atomic E-state index is -0.358. The highest BCUT2D eigenvalue weighted by Gasteiger charge is 2.61.